The van der Waals surface area contributed by atoms with E-state index in [1.165, 1.54) is 12.1 Å². The minimum atomic E-state index is -0.861. The predicted octanol–water partition coefficient (Wildman–Crippen LogP) is 7.37. The molecule has 13 heteroatoms. The van der Waals surface area contributed by atoms with E-state index in [1.54, 1.807) is 24.1 Å². The Hall–Kier alpha value is -4.91. The Morgan fingerprint density at radius 3 is 2.36 bits per heavy atom. The number of nitrogens with zero attached hydrogens (tertiary/aromatic N) is 1. The highest BCUT2D eigenvalue weighted by Gasteiger charge is 2.22. The molecule has 0 bridgehead atoms. The number of fused-ring (bicyclic) bond motifs is 1. The van der Waals surface area contributed by atoms with E-state index in [-0.39, 0.29) is 60.7 Å². The smallest absolute Gasteiger partial charge is 0.411 e. The molecular weight excluding hydrogens is 741 g/mol. The van der Waals surface area contributed by atoms with Crippen LogP contribution in [0.5, 0.6) is 5.75 Å². The quantitative estimate of drug-likeness (QED) is 0.0719. The van der Waals surface area contributed by atoms with Crippen molar-refractivity contribution < 1.29 is 24.5 Å². The van der Waals surface area contributed by atoms with Gasteiger partial charge in [-0.05, 0) is 91.1 Å². The molecule has 0 saturated heterocycles. The number of aromatic nitrogens is 1. The Morgan fingerprint density at radius 1 is 0.927 bits per heavy atom. The summed E-state index contributed by atoms with van der Waals surface area (Å²) in [5.41, 5.74) is 11.9. The highest BCUT2D eigenvalue weighted by molar-refractivity contribution is 5.93. The second kappa shape index (κ2) is 20.1. The molecule has 7 N–H and O–H groups in total. The van der Waals surface area contributed by atoms with Crippen LogP contribution in [0.4, 0.5) is 16.2 Å². The predicted molar refractivity (Wildman–Crippen MR) is 222 cm³/mol. The second-order valence-electron chi connectivity index (χ2n) is 13.7. The fourth-order valence-corrected chi connectivity index (χ4v) is 6.82. The molecule has 1 saturated carbocycles. The van der Waals surface area contributed by atoms with Crippen molar-refractivity contribution in [3.8, 4) is 16.9 Å². The number of ether oxygens (including phenoxy) is 1. The first-order valence-corrected chi connectivity index (χ1v) is 18.2. The number of hydrogen-bond donors (Lipinski definition) is 6. The Bertz CT molecular complexity index is 2090. The Kier molecular flexibility index (Phi) is 15.7. The number of aliphatic hydroxyl groups excluding tert-OH is 1. The van der Waals surface area contributed by atoms with Gasteiger partial charge in [-0.25, -0.2) is 4.79 Å². The molecule has 1 fully saturated rings. The van der Waals surface area contributed by atoms with Gasteiger partial charge < -0.3 is 35.9 Å². The lowest BCUT2D eigenvalue weighted by atomic mass is 9.94. The van der Waals surface area contributed by atoms with Crippen molar-refractivity contribution in [2.45, 2.75) is 69.7 Å². The van der Waals surface area contributed by atoms with Crippen LogP contribution in [0.1, 0.15) is 61.3 Å². The van der Waals surface area contributed by atoms with Crippen LogP contribution in [0.15, 0.2) is 102 Å². The molecule has 1 heterocycles. The first-order chi connectivity index (χ1) is 25.6. The largest absolute Gasteiger partial charge is 0.506 e. The molecule has 5 aromatic rings. The van der Waals surface area contributed by atoms with Crippen LogP contribution in [0.2, 0.25) is 0 Å². The number of carbonyl (C=O) groups excluding carboxylic acids is 2. The molecule has 1 atom stereocenters. The third-order valence-corrected chi connectivity index (χ3v) is 9.88. The van der Waals surface area contributed by atoms with Gasteiger partial charge in [-0.3, -0.25) is 14.9 Å². The van der Waals surface area contributed by atoms with E-state index >= 15 is 0 Å². The summed E-state index contributed by atoms with van der Waals surface area (Å²) in [6.07, 6.45) is 3.40. The van der Waals surface area contributed by atoms with Crippen LogP contribution in [-0.2, 0) is 22.5 Å². The van der Waals surface area contributed by atoms with E-state index in [4.69, 9.17) is 10.5 Å². The summed E-state index contributed by atoms with van der Waals surface area (Å²) >= 11 is 0. The van der Waals surface area contributed by atoms with Crippen molar-refractivity contribution >= 4 is 59.1 Å². The summed E-state index contributed by atoms with van der Waals surface area (Å²) in [5, 5.41) is 27.8. The average molecular weight is 791 g/mol. The number of nitrogens with one attached hydrogen (secondary N) is 3. The number of rotatable bonds is 13. The molecule has 1 aliphatic carbocycles. The molecule has 1 aromatic heterocycles. The van der Waals surface area contributed by atoms with Crippen LogP contribution >= 0.6 is 24.8 Å². The maximum Gasteiger partial charge on any atom is 0.411 e. The lowest BCUT2D eigenvalue weighted by Gasteiger charge is -2.26. The van der Waals surface area contributed by atoms with Gasteiger partial charge in [0, 0.05) is 55.3 Å². The number of benzene rings is 4. The number of nitrogens with two attached hydrogens (primary N) is 1. The molecule has 2 amide bonds. The first-order valence-electron chi connectivity index (χ1n) is 18.2. The molecule has 11 nitrogen and oxygen atoms in total. The Balaban J connectivity index is 0.00000336. The highest BCUT2D eigenvalue weighted by Crippen LogP contribution is 2.31. The average Bonchev–Trinajstić information content (AvgIpc) is 3.16. The van der Waals surface area contributed by atoms with Crippen LogP contribution < -0.4 is 26.8 Å². The summed E-state index contributed by atoms with van der Waals surface area (Å²) in [6, 6.07) is 29.8. The topological polar surface area (TPSA) is 170 Å². The number of amides is 2. The van der Waals surface area contributed by atoms with Gasteiger partial charge in [-0.15, -0.1) is 24.8 Å². The van der Waals surface area contributed by atoms with Gasteiger partial charge in [0.15, 0.2) is 0 Å². The van der Waals surface area contributed by atoms with Crippen LogP contribution in [0.3, 0.4) is 0 Å². The van der Waals surface area contributed by atoms with Crippen molar-refractivity contribution in [1.29, 1.82) is 0 Å². The molecular formula is C42H49Cl2N5O6. The number of aromatic amines is 1. The molecule has 0 spiro atoms. The van der Waals surface area contributed by atoms with Gasteiger partial charge in [-0.2, -0.15) is 0 Å². The minimum absolute atomic E-state index is 0. The number of phenols is 1. The first kappa shape index (κ1) is 42.8. The van der Waals surface area contributed by atoms with E-state index in [1.807, 2.05) is 72.8 Å². The third-order valence-electron chi connectivity index (χ3n) is 9.88. The minimum Gasteiger partial charge on any atom is -0.506 e. The molecule has 55 heavy (non-hydrogen) atoms. The van der Waals surface area contributed by atoms with Crippen molar-refractivity contribution in [2.24, 2.45) is 5.73 Å². The number of phenolic OH excluding ortho intramolecular Hbond substituents is 1. The van der Waals surface area contributed by atoms with Gasteiger partial charge >= 0.3 is 6.09 Å². The van der Waals surface area contributed by atoms with Crippen molar-refractivity contribution in [1.82, 2.24) is 10.3 Å². The van der Waals surface area contributed by atoms with Crippen LogP contribution in [0.25, 0.3) is 22.0 Å². The third kappa shape index (κ3) is 11.3. The summed E-state index contributed by atoms with van der Waals surface area (Å²) in [5.74, 6) is -0.0567. The maximum atomic E-state index is 13.2. The number of H-pyrrole nitrogens is 1. The SMILES string of the molecule is CN(C(=O)CCCc1ccc(-c2ccccc2)c(NC(=O)OC2CCC(N)CC2)c1)c1ccc(CNC[C@H](O)c2ccc(O)c3[nH]c(=O)ccc23)cc1.Cl.Cl. The lowest BCUT2D eigenvalue weighted by Crippen LogP contribution is -2.32. The molecule has 292 valence electrons. The number of pyridine rings is 1. The number of anilines is 2. The van der Waals surface area contributed by atoms with E-state index in [0.29, 0.717) is 48.0 Å². The van der Waals surface area contributed by atoms with E-state index in [2.05, 4.69) is 15.6 Å². The van der Waals surface area contributed by atoms with E-state index in [9.17, 15) is 24.6 Å². The van der Waals surface area contributed by atoms with Crippen LogP contribution in [-0.4, -0.2) is 52.9 Å². The number of aliphatic hydroxyl groups is 1. The molecule has 4 aromatic carbocycles. The lowest BCUT2D eigenvalue weighted by molar-refractivity contribution is -0.118. The number of carbonyl (C=O) groups is 2. The van der Waals surface area contributed by atoms with Gasteiger partial charge in [-0.1, -0.05) is 60.7 Å². The number of aromatic hydroxyl groups is 1. The zero-order chi connectivity index (χ0) is 37.3. The molecule has 0 aliphatic heterocycles. The summed E-state index contributed by atoms with van der Waals surface area (Å²) in [6.45, 7) is 0.751. The summed E-state index contributed by atoms with van der Waals surface area (Å²) < 4.78 is 5.74. The second-order valence-corrected chi connectivity index (χ2v) is 13.7. The van der Waals surface area contributed by atoms with Gasteiger partial charge in [0.05, 0.1) is 17.3 Å². The molecule has 0 radical (unpaired) electrons. The van der Waals surface area contributed by atoms with E-state index < -0.39 is 12.2 Å². The number of halogens is 2. The Labute approximate surface area is 333 Å². The number of hydrogen-bond acceptors (Lipinski definition) is 8. The summed E-state index contributed by atoms with van der Waals surface area (Å²) in [4.78, 5) is 42.1. The highest BCUT2D eigenvalue weighted by atomic mass is 35.5. The summed E-state index contributed by atoms with van der Waals surface area (Å²) in [7, 11) is 1.77. The monoisotopic (exact) mass is 789 g/mol. The van der Waals surface area contributed by atoms with Crippen LogP contribution in [0, 0.1) is 0 Å². The fourth-order valence-electron chi connectivity index (χ4n) is 6.82. The standard InChI is InChI=1S/C42H47N5O6.2ClH/c1-47(31-15-10-28(11-16-31)25-44-26-38(49)34-20-22-37(48)41-35(34)21-23-39(50)46-41)40(51)9-5-6-27-12-19-33(29-7-3-2-4-8-29)36(24-27)45-42(52)53-32-17-13-30(43)14-18-32;;/h2-4,7-8,10-12,15-16,19-24,30,32,38,44,48-49H,5-6,9,13-14,17-18,25-26,43H2,1H3,(H,45,52)(H,46,50);2*1H/t30?,32?,38-;;/m0../s1. The molecule has 1 aliphatic rings. The van der Waals surface area contributed by atoms with Gasteiger partial charge in [0.25, 0.3) is 0 Å². The van der Waals surface area contributed by atoms with Gasteiger partial charge in [0.1, 0.15) is 11.9 Å². The maximum absolute atomic E-state index is 13.2. The molecule has 0 unspecified atom stereocenters. The van der Waals surface area contributed by atoms with Crippen molar-refractivity contribution in [3.05, 3.63) is 124 Å². The Morgan fingerprint density at radius 2 is 1.64 bits per heavy atom. The van der Waals surface area contributed by atoms with E-state index in [0.717, 1.165) is 53.6 Å². The number of aryl methyl sites for hydroxylation is 1. The normalized spacial score (nSPS) is 15.6. The zero-order valence-corrected chi connectivity index (χ0v) is 32.3. The fraction of sp³-hybridized carbons (Fsp3) is 0.310. The zero-order valence-electron chi connectivity index (χ0n) is 30.7. The van der Waals surface area contributed by atoms with Gasteiger partial charge in [0.2, 0.25) is 11.5 Å². The van der Waals surface area contributed by atoms with Crippen molar-refractivity contribution in [2.75, 3.05) is 23.8 Å². The molecule has 6 rings (SSSR count). The van der Waals surface area contributed by atoms with Crippen molar-refractivity contribution in [3.63, 3.8) is 0 Å².